The zero-order valence-electron chi connectivity index (χ0n) is 9.89. The first-order valence-corrected chi connectivity index (χ1v) is 5.20. The monoisotopic (exact) mass is 181 g/mol. The molecule has 0 saturated carbocycles. The van der Waals surface area contributed by atoms with Gasteiger partial charge in [0.2, 0.25) is 0 Å². The maximum Gasteiger partial charge on any atom is 0.0411 e. The predicted molar refractivity (Wildman–Crippen MR) is 61.2 cm³/mol. The Balaban J connectivity index is 4.46. The van der Waals surface area contributed by atoms with E-state index in [2.05, 4.69) is 52.7 Å². The van der Waals surface area contributed by atoms with Crippen molar-refractivity contribution in [1.29, 1.82) is 0 Å². The van der Waals surface area contributed by atoms with E-state index in [1.165, 1.54) is 11.3 Å². The molecule has 0 fully saturated rings. The van der Waals surface area contributed by atoms with Gasteiger partial charge in [0.15, 0.2) is 0 Å². The summed E-state index contributed by atoms with van der Waals surface area (Å²) in [6.07, 6.45) is 3.24. The second-order valence-electron chi connectivity index (χ2n) is 4.20. The molecular weight excluding hydrogens is 158 g/mol. The largest absolute Gasteiger partial charge is 0.265 e. The van der Waals surface area contributed by atoms with Crippen LogP contribution in [-0.2, 0) is 0 Å². The predicted octanol–water partition coefficient (Wildman–Crippen LogP) is 4.05. The summed E-state index contributed by atoms with van der Waals surface area (Å²) < 4.78 is 0. The Bertz CT molecular complexity index is 195. The van der Waals surface area contributed by atoms with Gasteiger partial charge in [0.25, 0.3) is 0 Å². The number of rotatable bonds is 4. The van der Waals surface area contributed by atoms with Crippen molar-refractivity contribution >= 4 is 6.21 Å². The molecule has 1 heteroatoms. The van der Waals surface area contributed by atoms with E-state index < -0.39 is 0 Å². The Morgan fingerprint density at radius 1 is 1.23 bits per heavy atom. The summed E-state index contributed by atoms with van der Waals surface area (Å²) in [6.45, 7) is 13.0. The van der Waals surface area contributed by atoms with Gasteiger partial charge < -0.3 is 0 Å². The first-order chi connectivity index (χ1) is 5.99. The molecule has 13 heavy (non-hydrogen) atoms. The Morgan fingerprint density at radius 2 is 1.77 bits per heavy atom. The van der Waals surface area contributed by atoms with Crippen LogP contribution in [0.5, 0.6) is 0 Å². The normalized spacial score (nSPS) is 13.8. The highest BCUT2D eigenvalue weighted by Crippen LogP contribution is 2.15. The summed E-state index contributed by atoms with van der Waals surface area (Å²) in [6, 6.07) is 0. The van der Waals surface area contributed by atoms with Crippen molar-refractivity contribution in [3.05, 3.63) is 11.3 Å². The van der Waals surface area contributed by atoms with Gasteiger partial charge >= 0.3 is 0 Å². The van der Waals surface area contributed by atoms with Crippen molar-refractivity contribution in [3.63, 3.8) is 0 Å². The highest BCUT2D eigenvalue weighted by Gasteiger charge is 2.02. The van der Waals surface area contributed by atoms with E-state index >= 15 is 0 Å². The molecule has 76 valence electrons. The summed E-state index contributed by atoms with van der Waals surface area (Å²) in [4.78, 5) is 4.55. The van der Waals surface area contributed by atoms with Crippen LogP contribution in [0.1, 0.15) is 48.0 Å². The summed E-state index contributed by atoms with van der Waals surface area (Å²) in [7, 11) is 0. The van der Waals surface area contributed by atoms with Crippen molar-refractivity contribution in [2.45, 2.75) is 48.0 Å². The fourth-order valence-electron chi connectivity index (χ4n) is 1.17. The summed E-state index contributed by atoms with van der Waals surface area (Å²) in [5.74, 6) is 1.12. The Kier molecular flexibility index (Phi) is 5.68. The first kappa shape index (κ1) is 12.4. The molecule has 0 spiro atoms. The summed E-state index contributed by atoms with van der Waals surface area (Å²) in [5.41, 5.74) is 2.56. The molecule has 0 aromatic carbocycles. The lowest BCUT2D eigenvalue weighted by Crippen LogP contribution is -1.98. The molecule has 1 unspecified atom stereocenters. The number of aliphatic imine (C=N–C) groups is 1. The molecule has 0 rings (SSSR count). The zero-order chi connectivity index (χ0) is 10.4. The number of hydrogen-bond donors (Lipinski definition) is 0. The van der Waals surface area contributed by atoms with Gasteiger partial charge in [0.1, 0.15) is 0 Å². The van der Waals surface area contributed by atoms with E-state index in [9.17, 15) is 0 Å². The van der Waals surface area contributed by atoms with Gasteiger partial charge in [-0.3, -0.25) is 4.99 Å². The molecule has 0 aromatic heterocycles. The average Bonchev–Trinajstić information content (AvgIpc) is 2.03. The highest BCUT2D eigenvalue weighted by molar-refractivity contribution is 5.61. The van der Waals surface area contributed by atoms with Crippen LogP contribution < -0.4 is 0 Å². The average molecular weight is 181 g/mol. The number of hydrogen-bond acceptors (Lipinski definition) is 1. The summed E-state index contributed by atoms with van der Waals surface area (Å²) in [5, 5.41) is 0. The van der Waals surface area contributed by atoms with E-state index in [4.69, 9.17) is 0 Å². The number of nitrogens with zero attached hydrogens (tertiary/aromatic N) is 1. The molecule has 0 saturated heterocycles. The Morgan fingerprint density at radius 3 is 2.08 bits per heavy atom. The van der Waals surface area contributed by atoms with Gasteiger partial charge in [-0.25, -0.2) is 0 Å². The van der Waals surface area contributed by atoms with E-state index in [0.29, 0.717) is 11.8 Å². The second kappa shape index (κ2) is 5.95. The fraction of sp³-hybridized carbons (Fsp3) is 0.750. The molecule has 0 aliphatic heterocycles. The minimum Gasteiger partial charge on any atom is -0.265 e. The second-order valence-corrected chi connectivity index (χ2v) is 4.20. The van der Waals surface area contributed by atoms with Crippen LogP contribution in [0.4, 0.5) is 0 Å². The lowest BCUT2D eigenvalue weighted by molar-refractivity contribution is 0.725. The number of allylic oxidation sites excluding steroid dienone is 2. The quantitative estimate of drug-likeness (QED) is 0.580. The molecule has 0 heterocycles. The van der Waals surface area contributed by atoms with Gasteiger partial charge in [-0.1, -0.05) is 33.3 Å². The molecule has 0 N–H and O–H groups in total. The van der Waals surface area contributed by atoms with E-state index in [1.807, 2.05) is 0 Å². The van der Waals surface area contributed by atoms with Crippen LogP contribution in [0, 0.1) is 11.8 Å². The smallest absolute Gasteiger partial charge is 0.0411 e. The lowest BCUT2D eigenvalue weighted by atomic mass is 10.1. The standard InChI is InChI=1S/C12H23N/c1-7-11(6)8-13-12(9(2)3)10(4)5/h8-9,11H,7H2,1-6H3. The van der Waals surface area contributed by atoms with E-state index in [-0.39, 0.29) is 0 Å². The van der Waals surface area contributed by atoms with Crippen molar-refractivity contribution in [1.82, 2.24) is 0 Å². The lowest BCUT2D eigenvalue weighted by Gasteiger charge is -2.09. The molecule has 0 aliphatic carbocycles. The van der Waals surface area contributed by atoms with Crippen LogP contribution >= 0.6 is 0 Å². The van der Waals surface area contributed by atoms with Crippen molar-refractivity contribution in [2.24, 2.45) is 16.8 Å². The maximum atomic E-state index is 4.55. The fourth-order valence-corrected chi connectivity index (χ4v) is 1.17. The molecule has 0 bridgehead atoms. The van der Waals surface area contributed by atoms with Crippen molar-refractivity contribution in [2.75, 3.05) is 0 Å². The third kappa shape index (κ3) is 4.87. The maximum absolute atomic E-state index is 4.55. The van der Waals surface area contributed by atoms with Crippen LogP contribution in [0.25, 0.3) is 0 Å². The molecule has 1 atom stereocenters. The van der Waals surface area contributed by atoms with Crippen LogP contribution in [0.15, 0.2) is 16.3 Å². The van der Waals surface area contributed by atoms with E-state index in [0.717, 1.165) is 6.42 Å². The molecule has 1 nitrogen and oxygen atoms in total. The molecule has 0 aromatic rings. The third-order valence-corrected chi connectivity index (χ3v) is 2.17. The first-order valence-electron chi connectivity index (χ1n) is 5.20. The minimum absolute atomic E-state index is 0.533. The third-order valence-electron chi connectivity index (χ3n) is 2.17. The van der Waals surface area contributed by atoms with Crippen LogP contribution in [0.3, 0.4) is 0 Å². The molecule has 0 radical (unpaired) electrons. The molecular formula is C12H23N. The van der Waals surface area contributed by atoms with Gasteiger partial charge in [-0.05, 0) is 32.1 Å². The van der Waals surface area contributed by atoms with Crippen LogP contribution in [0.2, 0.25) is 0 Å². The Labute approximate surface area is 83.0 Å². The van der Waals surface area contributed by atoms with Gasteiger partial charge in [0, 0.05) is 11.9 Å². The highest BCUT2D eigenvalue weighted by atomic mass is 14.7. The van der Waals surface area contributed by atoms with Gasteiger partial charge in [-0.2, -0.15) is 0 Å². The zero-order valence-corrected chi connectivity index (χ0v) is 9.89. The van der Waals surface area contributed by atoms with Gasteiger partial charge in [0.05, 0.1) is 0 Å². The van der Waals surface area contributed by atoms with Crippen molar-refractivity contribution < 1.29 is 0 Å². The Hall–Kier alpha value is -0.590. The summed E-state index contributed by atoms with van der Waals surface area (Å²) >= 11 is 0. The molecule has 0 amide bonds. The topological polar surface area (TPSA) is 12.4 Å². The SMILES string of the molecule is CCC(C)C=NC(=C(C)C)C(C)C. The minimum atomic E-state index is 0.533. The molecule has 0 aliphatic rings. The van der Waals surface area contributed by atoms with Crippen molar-refractivity contribution in [3.8, 4) is 0 Å². The van der Waals surface area contributed by atoms with E-state index in [1.54, 1.807) is 0 Å². The van der Waals surface area contributed by atoms with Gasteiger partial charge in [-0.15, -0.1) is 0 Å². The van der Waals surface area contributed by atoms with Crippen LogP contribution in [-0.4, -0.2) is 6.21 Å².